The van der Waals surface area contributed by atoms with E-state index in [1.54, 1.807) is 12.1 Å². The summed E-state index contributed by atoms with van der Waals surface area (Å²) in [5, 5.41) is 3.06. The van der Waals surface area contributed by atoms with Crippen molar-refractivity contribution in [2.45, 2.75) is 13.5 Å². The Morgan fingerprint density at radius 2 is 1.90 bits per heavy atom. The van der Waals surface area contributed by atoms with E-state index in [0.29, 0.717) is 18.8 Å². The zero-order valence-electron chi connectivity index (χ0n) is 17.1. The van der Waals surface area contributed by atoms with E-state index in [1.807, 2.05) is 31.2 Å². The second-order valence-electron chi connectivity index (χ2n) is 7.01. The minimum absolute atomic E-state index is 0.0344. The largest absolute Gasteiger partial charge is 0.454 e. The van der Waals surface area contributed by atoms with E-state index >= 15 is 0 Å². The van der Waals surface area contributed by atoms with Crippen LogP contribution in [0.15, 0.2) is 42.6 Å². The third kappa shape index (κ3) is 5.43. The van der Waals surface area contributed by atoms with Gasteiger partial charge in [0.05, 0.1) is 18.8 Å². The van der Waals surface area contributed by atoms with Crippen molar-refractivity contribution in [1.29, 1.82) is 0 Å². The lowest BCUT2D eigenvalue weighted by Gasteiger charge is -2.27. The molecule has 0 atom stereocenters. The number of pyridine rings is 1. The van der Waals surface area contributed by atoms with Crippen LogP contribution in [-0.2, 0) is 16.1 Å². The second-order valence-corrected chi connectivity index (χ2v) is 7.01. The molecule has 160 valence electrons. The summed E-state index contributed by atoms with van der Waals surface area (Å²) in [6.45, 7) is 4.75. The highest BCUT2D eigenvalue weighted by molar-refractivity contribution is 5.89. The van der Waals surface area contributed by atoms with Gasteiger partial charge in [-0.1, -0.05) is 17.7 Å². The average Bonchev–Trinajstić information content (AvgIpc) is 2.79. The number of nitrogens with zero attached hydrogens (tertiary/aromatic N) is 5. The van der Waals surface area contributed by atoms with Gasteiger partial charge >= 0.3 is 5.97 Å². The van der Waals surface area contributed by atoms with Crippen LogP contribution in [0, 0.1) is 6.92 Å². The van der Waals surface area contributed by atoms with E-state index in [1.165, 1.54) is 6.20 Å². The first-order valence-corrected chi connectivity index (χ1v) is 9.87. The maximum absolute atomic E-state index is 12.4. The summed E-state index contributed by atoms with van der Waals surface area (Å²) in [6, 6.07) is 11.2. The van der Waals surface area contributed by atoms with Gasteiger partial charge < -0.3 is 25.4 Å². The molecule has 0 spiro atoms. The summed E-state index contributed by atoms with van der Waals surface area (Å²) in [4.78, 5) is 31.2. The van der Waals surface area contributed by atoms with Gasteiger partial charge in [-0.3, -0.25) is 0 Å². The number of carbonyl (C=O) groups is 1. The van der Waals surface area contributed by atoms with Crippen molar-refractivity contribution in [1.82, 2.24) is 19.9 Å². The average molecular weight is 421 g/mol. The molecular weight excluding hydrogens is 398 g/mol. The molecule has 2 aromatic heterocycles. The molecule has 0 unspecified atom stereocenters. The molecule has 0 amide bonds. The van der Waals surface area contributed by atoms with Gasteiger partial charge in [0.2, 0.25) is 11.9 Å². The Hall–Kier alpha value is -3.79. The predicted molar refractivity (Wildman–Crippen MR) is 115 cm³/mol. The van der Waals surface area contributed by atoms with Gasteiger partial charge in [-0.15, -0.1) is 0 Å². The highest BCUT2D eigenvalue weighted by atomic mass is 16.5. The number of carbonyl (C=O) groups excluding carboxylic acids is 1. The van der Waals surface area contributed by atoms with Crippen LogP contribution in [-0.4, -0.2) is 52.2 Å². The fourth-order valence-electron chi connectivity index (χ4n) is 3.02. The molecule has 3 N–H and O–H groups in total. The molecular formula is C21H23N7O3. The number of morpholine rings is 1. The van der Waals surface area contributed by atoms with Crippen LogP contribution in [0.1, 0.15) is 21.7 Å². The minimum Gasteiger partial charge on any atom is -0.454 e. The van der Waals surface area contributed by atoms with E-state index in [9.17, 15) is 4.79 Å². The SMILES string of the molecule is Cc1ccc(Nc2nc(N)nc(COC(=O)c3ccc(N4CCOCC4)nc3)n2)cc1. The Morgan fingerprint density at radius 1 is 1.13 bits per heavy atom. The first kappa shape index (κ1) is 20.5. The fraction of sp³-hybridized carbons (Fsp3) is 0.286. The van der Waals surface area contributed by atoms with Gasteiger partial charge in [-0.05, 0) is 31.2 Å². The molecule has 3 aromatic rings. The zero-order chi connectivity index (χ0) is 21.6. The molecule has 10 nitrogen and oxygen atoms in total. The molecule has 1 aliphatic rings. The van der Waals surface area contributed by atoms with Crippen LogP contribution < -0.4 is 16.0 Å². The molecule has 1 saturated heterocycles. The molecule has 1 fully saturated rings. The van der Waals surface area contributed by atoms with Gasteiger partial charge in [0.15, 0.2) is 12.4 Å². The highest BCUT2D eigenvalue weighted by Crippen LogP contribution is 2.16. The molecule has 10 heteroatoms. The summed E-state index contributed by atoms with van der Waals surface area (Å²) in [6.07, 6.45) is 1.50. The number of benzene rings is 1. The van der Waals surface area contributed by atoms with E-state index in [2.05, 4.69) is 30.2 Å². The van der Waals surface area contributed by atoms with Crippen molar-refractivity contribution in [3.05, 3.63) is 59.5 Å². The van der Waals surface area contributed by atoms with E-state index in [0.717, 1.165) is 30.2 Å². The number of hydrogen-bond donors (Lipinski definition) is 2. The van der Waals surface area contributed by atoms with Crippen molar-refractivity contribution < 1.29 is 14.3 Å². The number of nitrogens with one attached hydrogen (secondary N) is 1. The number of esters is 1. The lowest BCUT2D eigenvalue weighted by molar-refractivity contribution is 0.0461. The third-order valence-corrected chi connectivity index (χ3v) is 4.66. The summed E-state index contributed by atoms with van der Waals surface area (Å²) < 4.78 is 10.7. The first-order valence-electron chi connectivity index (χ1n) is 9.87. The summed E-state index contributed by atoms with van der Waals surface area (Å²) in [5.41, 5.74) is 8.07. The lowest BCUT2D eigenvalue weighted by Crippen LogP contribution is -2.36. The Labute approximate surface area is 179 Å². The highest BCUT2D eigenvalue weighted by Gasteiger charge is 2.15. The summed E-state index contributed by atoms with van der Waals surface area (Å²) in [5.74, 6) is 0.837. The van der Waals surface area contributed by atoms with Crippen LogP contribution in [0.3, 0.4) is 0 Å². The number of aryl methyl sites for hydroxylation is 1. The van der Waals surface area contributed by atoms with Crippen molar-refractivity contribution in [2.24, 2.45) is 0 Å². The van der Waals surface area contributed by atoms with Gasteiger partial charge in [0.1, 0.15) is 5.82 Å². The molecule has 1 aliphatic heterocycles. The van der Waals surface area contributed by atoms with Gasteiger partial charge in [0.25, 0.3) is 0 Å². The number of ether oxygens (including phenoxy) is 2. The number of rotatable bonds is 6. The smallest absolute Gasteiger partial charge is 0.340 e. The normalized spacial score (nSPS) is 13.6. The monoisotopic (exact) mass is 421 g/mol. The van der Waals surface area contributed by atoms with E-state index < -0.39 is 5.97 Å². The van der Waals surface area contributed by atoms with Crippen LogP contribution in [0.5, 0.6) is 0 Å². The predicted octanol–water partition coefficient (Wildman–Crippen LogP) is 2.09. The topological polar surface area (TPSA) is 128 Å². The Kier molecular flexibility index (Phi) is 6.18. The number of aromatic nitrogens is 4. The van der Waals surface area contributed by atoms with Gasteiger partial charge in [-0.2, -0.15) is 15.0 Å². The fourth-order valence-corrected chi connectivity index (χ4v) is 3.02. The molecule has 0 radical (unpaired) electrons. The molecule has 0 saturated carbocycles. The Balaban J connectivity index is 1.37. The van der Waals surface area contributed by atoms with Crippen LogP contribution >= 0.6 is 0 Å². The van der Waals surface area contributed by atoms with Crippen molar-refractivity contribution in [3.8, 4) is 0 Å². The molecule has 0 aliphatic carbocycles. The van der Waals surface area contributed by atoms with Crippen molar-refractivity contribution in [3.63, 3.8) is 0 Å². The minimum atomic E-state index is -0.520. The second kappa shape index (κ2) is 9.35. The molecule has 4 rings (SSSR count). The number of anilines is 4. The number of hydrogen-bond acceptors (Lipinski definition) is 10. The number of nitrogen functional groups attached to an aromatic ring is 1. The lowest BCUT2D eigenvalue weighted by atomic mass is 10.2. The Bertz CT molecular complexity index is 1040. The van der Waals surface area contributed by atoms with Crippen LogP contribution in [0.2, 0.25) is 0 Å². The summed E-state index contributed by atoms with van der Waals surface area (Å²) in [7, 11) is 0. The Morgan fingerprint density at radius 3 is 2.61 bits per heavy atom. The first-order chi connectivity index (χ1) is 15.1. The van der Waals surface area contributed by atoms with E-state index in [4.69, 9.17) is 15.2 Å². The molecule has 0 bridgehead atoms. The number of nitrogens with two attached hydrogens (primary N) is 1. The standard InChI is InChI=1S/C21H23N7O3/c1-14-2-5-16(6-3-14)24-21-26-17(25-20(22)27-21)13-31-19(29)15-4-7-18(23-12-15)28-8-10-30-11-9-28/h2-7,12H,8-11,13H2,1H3,(H3,22,24,25,26,27). The van der Waals surface area contributed by atoms with Crippen LogP contribution in [0.25, 0.3) is 0 Å². The zero-order valence-corrected chi connectivity index (χ0v) is 17.1. The van der Waals surface area contributed by atoms with Crippen molar-refractivity contribution >= 4 is 29.4 Å². The molecule has 31 heavy (non-hydrogen) atoms. The molecule has 3 heterocycles. The molecule has 1 aromatic carbocycles. The van der Waals surface area contributed by atoms with E-state index in [-0.39, 0.29) is 24.3 Å². The van der Waals surface area contributed by atoms with Gasteiger partial charge in [0, 0.05) is 25.0 Å². The quantitative estimate of drug-likeness (QED) is 0.571. The maximum atomic E-state index is 12.4. The van der Waals surface area contributed by atoms with Gasteiger partial charge in [-0.25, -0.2) is 9.78 Å². The summed E-state index contributed by atoms with van der Waals surface area (Å²) >= 11 is 0. The van der Waals surface area contributed by atoms with Crippen LogP contribution in [0.4, 0.5) is 23.4 Å². The third-order valence-electron chi connectivity index (χ3n) is 4.66. The van der Waals surface area contributed by atoms with Crippen molar-refractivity contribution in [2.75, 3.05) is 42.3 Å². The maximum Gasteiger partial charge on any atom is 0.340 e.